The molecule has 0 saturated carbocycles. The number of aliphatic hydroxyl groups excluding tert-OH is 1. The quantitative estimate of drug-likeness (QED) is 0.0353. The Morgan fingerprint density at radius 2 is 1.33 bits per heavy atom. The first-order valence-corrected chi connectivity index (χ1v) is 16.6. The summed E-state index contributed by atoms with van der Waals surface area (Å²) in [6, 6.07) is 0. The Morgan fingerprint density at radius 1 is 0.795 bits per heavy atom. The Bertz CT molecular complexity index is 691. The molecule has 0 aliphatic heterocycles. The number of carbonyl (C=O) groups is 1. The standard InChI is InChI=1S/C30H58NO7P/c1-5-6-7-8-9-10-11-12-13-14-15-16-17-18-19-20-21-22-23-24-30(33)36-27-29(32)28-38-39(34,35)37-26-25-31(2,3)4/h9-10,12-13,29,32H,5-8,11,14-28H2,1-4H3/p+1/b10-9-,13-12-. The van der Waals surface area contributed by atoms with E-state index in [0.29, 0.717) is 17.4 Å². The number of aliphatic hydroxyl groups is 1. The molecule has 0 bridgehead atoms. The number of hydrogen-bond donors (Lipinski definition) is 2. The Balaban J connectivity index is 3.53. The van der Waals surface area contributed by atoms with Gasteiger partial charge >= 0.3 is 13.8 Å². The molecule has 230 valence electrons. The van der Waals surface area contributed by atoms with Crippen molar-refractivity contribution in [1.82, 2.24) is 0 Å². The molecule has 8 nitrogen and oxygen atoms in total. The maximum absolute atomic E-state index is 11.9. The van der Waals surface area contributed by atoms with E-state index in [9.17, 15) is 19.4 Å². The highest BCUT2D eigenvalue weighted by Crippen LogP contribution is 2.43. The molecule has 2 atom stereocenters. The van der Waals surface area contributed by atoms with Crippen molar-refractivity contribution >= 4 is 13.8 Å². The van der Waals surface area contributed by atoms with E-state index in [0.717, 1.165) is 25.7 Å². The second-order valence-corrected chi connectivity index (χ2v) is 12.8. The molecule has 0 aliphatic rings. The Kier molecular flexibility index (Phi) is 24.1. The monoisotopic (exact) mass is 576 g/mol. The third-order valence-electron chi connectivity index (χ3n) is 6.21. The van der Waals surface area contributed by atoms with Gasteiger partial charge in [-0.2, -0.15) is 0 Å². The van der Waals surface area contributed by atoms with Gasteiger partial charge in [0.25, 0.3) is 0 Å². The third-order valence-corrected chi connectivity index (χ3v) is 7.20. The molecular weight excluding hydrogens is 517 g/mol. The Hall–Kier alpha value is -1.02. The van der Waals surface area contributed by atoms with Crippen LogP contribution in [0.15, 0.2) is 24.3 Å². The SMILES string of the molecule is CCCCC/C=C\C/C=C\CCCCCCCCCCCC(=O)OCC(O)COP(=O)(O)OCC[N+](C)(C)C. The molecule has 0 aliphatic carbocycles. The molecule has 2 unspecified atom stereocenters. The second-order valence-electron chi connectivity index (χ2n) is 11.3. The van der Waals surface area contributed by atoms with Crippen LogP contribution >= 0.6 is 7.82 Å². The summed E-state index contributed by atoms with van der Waals surface area (Å²) in [6.07, 6.45) is 26.1. The van der Waals surface area contributed by atoms with Crippen molar-refractivity contribution in [2.24, 2.45) is 0 Å². The van der Waals surface area contributed by atoms with Gasteiger partial charge in [0.15, 0.2) is 0 Å². The number of unbranched alkanes of at least 4 members (excludes halogenated alkanes) is 12. The van der Waals surface area contributed by atoms with Crippen molar-refractivity contribution in [2.45, 2.75) is 116 Å². The lowest BCUT2D eigenvalue weighted by Crippen LogP contribution is -2.37. The average Bonchev–Trinajstić information content (AvgIpc) is 2.86. The molecule has 0 saturated heterocycles. The predicted molar refractivity (Wildman–Crippen MR) is 159 cm³/mol. The molecule has 0 heterocycles. The predicted octanol–water partition coefficient (Wildman–Crippen LogP) is 7.10. The highest BCUT2D eigenvalue weighted by molar-refractivity contribution is 7.47. The van der Waals surface area contributed by atoms with Crippen molar-refractivity contribution in [1.29, 1.82) is 0 Å². The maximum atomic E-state index is 11.9. The number of esters is 1. The van der Waals surface area contributed by atoms with Gasteiger partial charge in [-0.3, -0.25) is 13.8 Å². The van der Waals surface area contributed by atoms with E-state index in [1.165, 1.54) is 70.6 Å². The summed E-state index contributed by atoms with van der Waals surface area (Å²) >= 11 is 0. The summed E-state index contributed by atoms with van der Waals surface area (Å²) in [5.41, 5.74) is 0. The molecule has 9 heteroatoms. The summed E-state index contributed by atoms with van der Waals surface area (Å²) in [4.78, 5) is 21.5. The number of phosphoric acid groups is 1. The zero-order valence-electron chi connectivity index (χ0n) is 25.4. The molecule has 0 aromatic rings. The lowest BCUT2D eigenvalue weighted by molar-refractivity contribution is -0.870. The smallest absolute Gasteiger partial charge is 0.463 e. The molecule has 0 fully saturated rings. The van der Waals surface area contributed by atoms with Crippen molar-refractivity contribution in [3.05, 3.63) is 24.3 Å². The van der Waals surface area contributed by atoms with Gasteiger partial charge in [0.2, 0.25) is 0 Å². The number of carbonyl (C=O) groups excluding carboxylic acids is 1. The Morgan fingerprint density at radius 3 is 1.90 bits per heavy atom. The van der Waals surface area contributed by atoms with E-state index < -0.39 is 20.5 Å². The van der Waals surface area contributed by atoms with Gasteiger partial charge in [0.1, 0.15) is 25.9 Å². The molecule has 2 N–H and O–H groups in total. The molecule has 0 radical (unpaired) electrons. The van der Waals surface area contributed by atoms with Crippen LogP contribution < -0.4 is 0 Å². The van der Waals surface area contributed by atoms with Gasteiger partial charge in [0, 0.05) is 6.42 Å². The van der Waals surface area contributed by atoms with Crippen LogP contribution in [0.5, 0.6) is 0 Å². The van der Waals surface area contributed by atoms with E-state index in [4.69, 9.17) is 13.8 Å². The van der Waals surface area contributed by atoms with Crippen LogP contribution in [0.1, 0.15) is 110 Å². The fourth-order valence-corrected chi connectivity index (χ4v) is 4.49. The first kappa shape index (κ1) is 38.0. The number of rotatable bonds is 27. The minimum atomic E-state index is -4.25. The molecule has 0 aromatic heterocycles. The first-order valence-electron chi connectivity index (χ1n) is 15.1. The largest absolute Gasteiger partial charge is 0.472 e. The van der Waals surface area contributed by atoms with Crippen molar-refractivity contribution in [3.8, 4) is 0 Å². The van der Waals surface area contributed by atoms with Gasteiger partial charge in [-0.15, -0.1) is 0 Å². The summed E-state index contributed by atoms with van der Waals surface area (Å²) < 4.78 is 27.1. The number of allylic oxidation sites excluding steroid dienone is 4. The number of quaternary nitrogens is 1. The Labute approximate surface area is 239 Å². The van der Waals surface area contributed by atoms with Crippen molar-refractivity contribution in [3.63, 3.8) is 0 Å². The van der Waals surface area contributed by atoms with Crippen LogP contribution in [0.25, 0.3) is 0 Å². The fourth-order valence-electron chi connectivity index (χ4n) is 3.74. The van der Waals surface area contributed by atoms with Crippen molar-refractivity contribution < 1.29 is 37.6 Å². The number of hydrogen-bond acceptors (Lipinski definition) is 6. The lowest BCUT2D eigenvalue weighted by Gasteiger charge is -2.24. The maximum Gasteiger partial charge on any atom is 0.472 e. The molecule has 0 spiro atoms. The molecular formula is C30H59NO7P+. The summed E-state index contributed by atoms with van der Waals surface area (Å²) in [5, 5.41) is 9.85. The van der Waals surface area contributed by atoms with Gasteiger partial charge in [0.05, 0.1) is 27.7 Å². The van der Waals surface area contributed by atoms with E-state index in [1.807, 2.05) is 21.1 Å². The van der Waals surface area contributed by atoms with Crippen molar-refractivity contribution in [2.75, 3.05) is 47.5 Å². The topological polar surface area (TPSA) is 102 Å². The van der Waals surface area contributed by atoms with Gasteiger partial charge in [-0.1, -0.05) is 89.0 Å². The minimum Gasteiger partial charge on any atom is -0.463 e. The van der Waals surface area contributed by atoms with Crippen LogP contribution in [-0.4, -0.2) is 74.1 Å². The van der Waals surface area contributed by atoms with E-state index >= 15 is 0 Å². The van der Waals surface area contributed by atoms with Crippen LogP contribution in [0.4, 0.5) is 0 Å². The first-order chi connectivity index (χ1) is 18.6. The fraction of sp³-hybridized carbons (Fsp3) is 0.833. The van der Waals surface area contributed by atoms with Crippen LogP contribution in [0.2, 0.25) is 0 Å². The van der Waals surface area contributed by atoms with Gasteiger partial charge in [-0.05, 0) is 38.5 Å². The summed E-state index contributed by atoms with van der Waals surface area (Å²) in [5.74, 6) is -0.377. The number of phosphoric ester groups is 1. The van der Waals surface area contributed by atoms with Crippen LogP contribution in [0.3, 0.4) is 0 Å². The van der Waals surface area contributed by atoms with Crippen LogP contribution in [-0.2, 0) is 23.1 Å². The second kappa shape index (κ2) is 24.8. The van der Waals surface area contributed by atoms with E-state index in [1.54, 1.807) is 0 Å². The molecule has 39 heavy (non-hydrogen) atoms. The number of likely N-dealkylation sites (N-methyl/N-ethyl adjacent to an activating group) is 1. The molecule has 0 aromatic carbocycles. The average molecular weight is 577 g/mol. The highest BCUT2D eigenvalue weighted by Gasteiger charge is 2.24. The molecule has 0 rings (SSSR count). The third kappa shape index (κ3) is 29.8. The number of nitrogens with zero attached hydrogens (tertiary/aromatic N) is 1. The van der Waals surface area contributed by atoms with E-state index in [-0.39, 0.29) is 19.2 Å². The van der Waals surface area contributed by atoms with Gasteiger partial charge < -0.3 is 19.2 Å². The minimum absolute atomic E-state index is 0.0535. The zero-order valence-corrected chi connectivity index (χ0v) is 26.3. The highest BCUT2D eigenvalue weighted by atomic mass is 31.2. The normalized spacial score (nSPS) is 14.7. The van der Waals surface area contributed by atoms with E-state index in [2.05, 4.69) is 31.2 Å². The summed E-state index contributed by atoms with van der Waals surface area (Å²) in [7, 11) is 1.56. The van der Waals surface area contributed by atoms with Gasteiger partial charge in [-0.25, -0.2) is 4.57 Å². The zero-order chi connectivity index (χ0) is 29.2. The summed E-state index contributed by atoms with van der Waals surface area (Å²) in [6.45, 7) is 2.10. The van der Waals surface area contributed by atoms with Crippen LogP contribution in [0, 0.1) is 0 Å². The molecule has 0 amide bonds. The lowest BCUT2D eigenvalue weighted by atomic mass is 10.1. The number of ether oxygens (including phenoxy) is 1.